The summed E-state index contributed by atoms with van der Waals surface area (Å²) in [6.07, 6.45) is 13.4. The molecule has 1 aromatic rings. The van der Waals surface area contributed by atoms with Gasteiger partial charge < -0.3 is 15.1 Å². The van der Waals surface area contributed by atoms with E-state index >= 15 is 0 Å². The summed E-state index contributed by atoms with van der Waals surface area (Å²) >= 11 is 0. The number of hydrogen-bond acceptors (Lipinski definition) is 3. The number of nitrogens with zero attached hydrogens (tertiary/aromatic N) is 1. The Labute approximate surface area is 159 Å². The van der Waals surface area contributed by atoms with Crippen molar-refractivity contribution in [3.8, 4) is 0 Å². The van der Waals surface area contributed by atoms with E-state index in [0.29, 0.717) is 0 Å². The number of aliphatic hydroxyl groups is 2. The molecule has 1 heterocycles. The fraction of sp³-hybridized carbons (Fsp3) is 0.652. The first-order valence-corrected chi connectivity index (χ1v) is 10.5. The first kappa shape index (κ1) is 21.0. The summed E-state index contributed by atoms with van der Waals surface area (Å²) in [6, 6.07) is 8.46. The third kappa shape index (κ3) is 6.14. The molecular weight excluding hydrogens is 322 g/mol. The van der Waals surface area contributed by atoms with Crippen LogP contribution in [-0.4, -0.2) is 28.9 Å². The molecule has 0 radical (unpaired) electrons. The van der Waals surface area contributed by atoms with Gasteiger partial charge in [0.2, 0.25) is 0 Å². The highest BCUT2D eigenvalue weighted by molar-refractivity contribution is 5.50. The van der Waals surface area contributed by atoms with Crippen LogP contribution in [0.15, 0.2) is 36.4 Å². The predicted molar refractivity (Wildman–Crippen MR) is 111 cm³/mol. The SMILES string of the molecule is CCCC/C=C\C[C@H]1[C@@H](O)CCN1c1ccc(C(O)CCCCC)cc1. The van der Waals surface area contributed by atoms with E-state index in [2.05, 4.69) is 43.0 Å². The molecule has 0 aromatic heterocycles. The summed E-state index contributed by atoms with van der Waals surface area (Å²) in [7, 11) is 0. The lowest BCUT2D eigenvalue weighted by Gasteiger charge is -2.28. The number of hydrogen-bond donors (Lipinski definition) is 2. The Balaban J connectivity index is 1.94. The minimum Gasteiger partial charge on any atom is -0.391 e. The van der Waals surface area contributed by atoms with Gasteiger partial charge in [0.05, 0.1) is 18.2 Å². The van der Waals surface area contributed by atoms with Crippen molar-refractivity contribution in [2.45, 2.75) is 89.9 Å². The second-order valence-electron chi connectivity index (χ2n) is 7.57. The molecule has 1 aliphatic rings. The first-order valence-electron chi connectivity index (χ1n) is 10.5. The minimum absolute atomic E-state index is 0.160. The molecule has 1 unspecified atom stereocenters. The average Bonchev–Trinajstić information content (AvgIpc) is 3.02. The number of anilines is 1. The molecule has 1 aromatic carbocycles. The zero-order chi connectivity index (χ0) is 18.8. The smallest absolute Gasteiger partial charge is 0.0790 e. The Morgan fingerprint density at radius 3 is 2.50 bits per heavy atom. The summed E-state index contributed by atoms with van der Waals surface area (Å²) in [5.74, 6) is 0. The van der Waals surface area contributed by atoms with Crippen molar-refractivity contribution < 1.29 is 10.2 Å². The lowest BCUT2D eigenvalue weighted by atomic mass is 10.0. The van der Waals surface area contributed by atoms with E-state index in [9.17, 15) is 10.2 Å². The maximum Gasteiger partial charge on any atom is 0.0790 e. The van der Waals surface area contributed by atoms with Gasteiger partial charge in [-0.3, -0.25) is 0 Å². The molecule has 3 nitrogen and oxygen atoms in total. The van der Waals surface area contributed by atoms with E-state index in [4.69, 9.17) is 0 Å². The number of aliphatic hydroxyl groups excluding tert-OH is 2. The maximum absolute atomic E-state index is 10.4. The molecule has 146 valence electrons. The molecular formula is C23H37NO2. The summed E-state index contributed by atoms with van der Waals surface area (Å²) in [4.78, 5) is 2.32. The number of unbranched alkanes of at least 4 members (excludes halogenated alkanes) is 4. The van der Waals surface area contributed by atoms with Gasteiger partial charge in [0.15, 0.2) is 0 Å². The Morgan fingerprint density at radius 1 is 1.08 bits per heavy atom. The number of benzene rings is 1. The molecule has 1 saturated heterocycles. The Kier molecular flexibility index (Phi) is 9.21. The molecule has 1 aliphatic heterocycles. The van der Waals surface area contributed by atoms with Crippen molar-refractivity contribution in [1.29, 1.82) is 0 Å². The fourth-order valence-corrected chi connectivity index (χ4v) is 3.76. The van der Waals surface area contributed by atoms with Crippen molar-refractivity contribution >= 4 is 5.69 Å². The van der Waals surface area contributed by atoms with Gasteiger partial charge in [0, 0.05) is 12.2 Å². The zero-order valence-corrected chi connectivity index (χ0v) is 16.6. The van der Waals surface area contributed by atoms with Gasteiger partial charge in [0.1, 0.15) is 0 Å². The van der Waals surface area contributed by atoms with Crippen molar-refractivity contribution in [3.63, 3.8) is 0 Å². The predicted octanol–water partition coefficient (Wildman–Crippen LogP) is 5.38. The van der Waals surface area contributed by atoms with Crippen LogP contribution >= 0.6 is 0 Å². The Hall–Kier alpha value is -1.32. The third-order valence-corrected chi connectivity index (χ3v) is 5.47. The maximum atomic E-state index is 10.4. The topological polar surface area (TPSA) is 43.7 Å². The molecule has 0 bridgehead atoms. The highest BCUT2D eigenvalue weighted by Crippen LogP contribution is 2.30. The molecule has 0 amide bonds. The van der Waals surface area contributed by atoms with Gasteiger partial charge in [-0.15, -0.1) is 0 Å². The van der Waals surface area contributed by atoms with Crippen molar-refractivity contribution in [3.05, 3.63) is 42.0 Å². The molecule has 3 atom stereocenters. The van der Waals surface area contributed by atoms with E-state index in [0.717, 1.165) is 49.9 Å². The summed E-state index contributed by atoms with van der Waals surface area (Å²) in [5.41, 5.74) is 2.15. The molecule has 2 rings (SSSR count). The quantitative estimate of drug-likeness (QED) is 0.412. The molecule has 2 N–H and O–H groups in total. The van der Waals surface area contributed by atoms with Crippen molar-refractivity contribution in [2.24, 2.45) is 0 Å². The fourth-order valence-electron chi connectivity index (χ4n) is 3.76. The standard InChI is InChI=1S/C23H37NO2/c1-3-5-7-8-10-11-21-23(26)17-18-24(21)20-15-13-19(14-16-20)22(25)12-9-6-4-2/h8,10,13-16,21-23,25-26H,3-7,9,11-12,17-18H2,1-2H3/b10-8-/t21-,22?,23-/m0/s1. The molecule has 0 spiro atoms. The molecule has 0 aliphatic carbocycles. The van der Waals surface area contributed by atoms with Crippen molar-refractivity contribution in [1.82, 2.24) is 0 Å². The van der Waals surface area contributed by atoms with Crippen LogP contribution in [0.4, 0.5) is 5.69 Å². The average molecular weight is 360 g/mol. The van der Waals surface area contributed by atoms with Gasteiger partial charge in [-0.1, -0.05) is 70.2 Å². The van der Waals surface area contributed by atoms with Crippen LogP contribution in [0.25, 0.3) is 0 Å². The normalized spacial score (nSPS) is 21.6. The van der Waals surface area contributed by atoms with Crippen LogP contribution < -0.4 is 4.90 Å². The van der Waals surface area contributed by atoms with E-state index in [-0.39, 0.29) is 18.2 Å². The van der Waals surface area contributed by atoms with Crippen LogP contribution in [0.2, 0.25) is 0 Å². The van der Waals surface area contributed by atoms with Crippen LogP contribution in [0, 0.1) is 0 Å². The molecule has 1 fully saturated rings. The van der Waals surface area contributed by atoms with E-state index in [1.807, 2.05) is 12.1 Å². The second-order valence-corrected chi connectivity index (χ2v) is 7.57. The highest BCUT2D eigenvalue weighted by atomic mass is 16.3. The van der Waals surface area contributed by atoms with E-state index in [1.54, 1.807) is 0 Å². The molecule has 3 heteroatoms. The first-order chi connectivity index (χ1) is 12.7. The number of rotatable bonds is 11. The van der Waals surface area contributed by atoms with Crippen LogP contribution in [0.3, 0.4) is 0 Å². The van der Waals surface area contributed by atoms with Gasteiger partial charge in [0.25, 0.3) is 0 Å². The van der Waals surface area contributed by atoms with Crippen LogP contribution in [0.1, 0.15) is 83.3 Å². The summed E-state index contributed by atoms with van der Waals surface area (Å²) in [5, 5.41) is 20.7. The monoisotopic (exact) mass is 359 g/mol. The van der Waals surface area contributed by atoms with Gasteiger partial charge >= 0.3 is 0 Å². The summed E-state index contributed by atoms with van der Waals surface area (Å²) < 4.78 is 0. The van der Waals surface area contributed by atoms with Crippen molar-refractivity contribution in [2.75, 3.05) is 11.4 Å². The molecule has 0 saturated carbocycles. The minimum atomic E-state index is -0.364. The largest absolute Gasteiger partial charge is 0.391 e. The van der Waals surface area contributed by atoms with Gasteiger partial charge in [-0.05, 0) is 43.4 Å². The Bertz CT molecular complexity index is 526. The third-order valence-electron chi connectivity index (χ3n) is 5.47. The molecule has 26 heavy (non-hydrogen) atoms. The zero-order valence-electron chi connectivity index (χ0n) is 16.6. The highest BCUT2D eigenvalue weighted by Gasteiger charge is 2.31. The van der Waals surface area contributed by atoms with Gasteiger partial charge in [-0.2, -0.15) is 0 Å². The van der Waals surface area contributed by atoms with E-state index in [1.165, 1.54) is 25.7 Å². The Morgan fingerprint density at radius 2 is 1.81 bits per heavy atom. The number of allylic oxidation sites excluding steroid dienone is 1. The lowest BCUT2D eigenvalue weighted by Crippen LogP contribution is -2.34. The summed E-state index contributed by atoms with van der Waals surface area (Å²) in [6.45, 7) is 5.29. The second kappa shape index (κ2) is 11.4. The van der Waals surface area contributed by atoms with E-state index < -0.39 is 0 Å². The van der Waals surface area contributed by atoms with Gasteiger partial charge in [-0.25, -0.2) is 0 Å². The lowest BCUT2D eigenvalue weighted by molar-refractivity contribution is 0.163. The van der Waals surface area contributed by atoms with Crippen LogP contribution in [-0.2, 0) is 0 Å². The van der Waals surface area contributed by atoms with Crippen LogP contribution in [0.5, 0.6) is 0 Å².